The largest absolute Gasteiger partial charge is 0.367 e. The van der Waals surface area contributed by atoms with Crippen LogP contribution in [-0.2, 0) is 20.7 Å². The number of aryl methyl sites for hydroxylation is 1. The molecule has 0 spiro atoms. The van der Waals surface area contributed by atoms with Gasteiger partial charge in [-0.05, 0) is 29.5 Å². The summed E-state index contributed by atoms with van der Waals surface area (Å²) in [5.41, 5.74) is 9.00. The van der Waals surface area contributed by atoms with E-state index in [1.165, 1.54) is 5.56 Å². The fraction of sp³-hybridized carbons (Fsp3) is 0.417. The van der Waals surface area contributed by atoms with Gasteiger partial charge in [-0.3, -0.25) is 9.59 Å². The van der Waals surface area contributed by atoms with Gasteiger partial charge in [0.15, 0.2) is 5.60 Å². The van der Waals surface area contributed by atoms with Crippen molar-refractivity contribution in [1.29, 1.82) is 0 Å². The predicted molar refractivity (Wildman–Crippen MR) is 114 cm³/mol. The minimum absolute atomic E-state index is 0.0451. The molecule has 1 aliphatic rings. The first-order valence-corrected chi connectivity index (χ1v) is 10.2. The Morgan fingerprint density at radius 3 is 2.48 bits per heavy atom. The molecule has 5 heteroatoms. The van der Waals surface area contributed by atoms with Crippen molar-refractivity contribution in [3.8, 4) is 11.1 Å². The third kappa shape index (κ3) is 5.04. The molecule has 1 aliphatic heterocycles. The smallest absolute Gasteiger partial charge is 0.251 e. The lowest BCUT2D eigenvalue weighted by molar-refractivity contribution is -0.163. The van der Waals surface area contributed by atoms with Gasteiger partial charge >= 0.3 is 0 Å². The van der Waals surface area contributed by atoms with Crippen LogP contribution < -0.4 is 5.73 Å². The number of morpholine rings is 1. The summed E-state index contributed by atoms with van der Waals surface area (Å²) < 4.78 is 5.88. The quantitative estimate of drug-likeness (QED) is 0.817. The molecule has 0 saturated carbocycles. The summed E-state index contributed by atoms with van der Waals surface area (Å²) in [5, 5.41) is 0. The maximum Gasteiger partial charge on any atom is 0.251 e. The number of benzene rings is 2. The van der Waals surface area contributed by atoms with Gasteiger partial charge in [0.25, 0.3) is 5.91 Å². The highest BCUT2D eigenvalue weighted by atomic mass is 16.5. The van der Waals surface area contributed by atoms with E-state index in [0.29, 0.717) is 26.0 Å². The van der Waals surface area contributed by atoms with Crippen LogP contribution in [0, 0.1) is 12.8 Å². The molecule has 2 aromatic rings. The van der Waals surface area contributed by atoms with Crippen LogP contribution in [0.2, 0.25) is 0 Å². The molecule has 0 aliphatic carbocycles. The second-order valence-electron chi connectivity index (χ2n) is 8.36. The maximum atomic E-state index is 12.5. The minimum atomic E-state index is -1.18. The van der Waals surface area contributed by atoms with Gasteiger partial charge in [-0.25, -0.2) is 0 Å². The number of primary amides is 1. The zero-order chi connectivity index (χ0) is 21.0. The first-order valence-electron chi connectivity index (χ1n) is 10.2. The van der Waals surface area contributed by atoms with Gasteiger partial charge in [-0.1, -0.05) is 67.9 Å². The highest BCUT2D eigenvalue weighted by molar-refractivity contribution is 5.86. The zero-order valence-electron chi connectivity index (χ0n) is 17.5. The Hall–Kier alpha value is -2.66. The maximum absolute atomic E-state index is 12.5. The van der Waals surface area contributed by atoms with Gasteiger partial charge in [0.2, 0.25) is 5.91 Å². The number of ether oxygens (including phenoxy) is 1. The van der Waals surface area contributed by atoms with Crippen LogP contribution in [0.1, 0.15) is 31.4 Å². The fourth-order valence-corrected chi connectivity index (χ4v) is 3.79. The molecule has 154 valence electrons. The van der Waals surface area contributed by atoms with Gasteiger partial charge in [0, 0.05) is 19.4 Å². The third-order valence-electron chi connectivity index (χ3n) is 5.37. The third-order valence-corrected chi connectivity index (χ3v) is 5.37. The summed E-state index contributed by atoms with van der Waals surface area (Å²) in [6.45, 7) is 7.10. The van der Waals surface area contributed by atoms with E-state index in [1.807, 2.05) is 44.2 Å². The van der Waals surface area contributed by atoms with Crippen LogP contribution in [0.25, 0.3) is 11.1 Å². The molecule has 1 heterocycles. The molecule has 1 saturated heterocycles. The summed E-state index contributed by atoms with van der Waals surface area (Å²) in [6, 6.07) is 16.4. The summed E-state index contributed by atoms with van der Waals surface area (Å²) in [4.78, 5) is 26.6. The van der Waals surface area contributed by atoms with E-state index in [-0.39, 0.29) is 18.4 Å². The van der Waals surface area contributed by atoms with Crippen molar-refractivity contribution in [1.82, 2.24) is 4.90 Å². The Morgan fingerprint density at radius 2 is 1.86 bits per heavy atom. The molecule has 1 fully saturated rings. The van der Waals surface area contributed by atoms with E-state index in [9.17, 15) is 9.59 Å². The van der Waals surface area contributed by atoms with Crippen molar-refractivity contribution in [3.05, 3.63) is 59.7 Å². The minimum Gasteiger partial charge on any atom is -0.367 e. The van der Waals surface area contributed by atoms with Gasteiger partial charge < -0.3 is 15.4 Å². The molecule has 2 aromatic carbocycles. The second-order valence-corrected chi connectivity index (χ2v) is 8.36. The van der Waals surface area contributed by atoms with Gasteiger partial charge in [0.05, 0.1) is 13.2 Å². The van der Waals surface area contributed by atoms with E-state index >= 15 is 0 Å². The SMILES string of the molecule is Cc1cccc(-c2ccc(C[C@]3(C(N)=O)CN(C(=O)CC(C)C)CCO3)cc2)c1. The first kappa shape index (κ1) is 21.1. The van der Waals surface area contributed by atoms with Crippen LogP contribution in [0.3, 0.4) is 0 Å². The number of rotatable bonds is 6. The molecule has 2 N–H and O–H groups in total. The average molecular weight is 395 g/mol. The zero-order valence-corrected chi connectivity index (χ0v) is 17.5. The Bertz CT molecular complexity index is 876. The molecule has 2 amide bonds. The molecule has 5 nitrogen and oxygen atoms in total. The lowest BCUT2D eigenvalue weighted by Crippen LogP contribution is -2.61. The van der Waals surface area contributed by atoms with Crippen LogP contribution in [-0.4, -0.2) is 42.0 Å². The van der Waals surface area contributed by atoms with Gasteiger partial charge in [-0.15, -0.1) is 0 Å². The molecule has 3 rings (SSSR count). The van der Waals surface area contributed by atoms with Crippen molar-refractivity contribution in [2.75, 3.05) is 19.7 Å². The molecule has 0 bridgehead atoms. The van der Waals surface area contributed by atoms with Crippen LogP contribution in [0.15, 0.2) is 48.5 Å². The lowest BCUT2D eigenvalue weighted by atomic mass is 9.90. The van der Waals surface area contributed by atoms with Gasteiger partial charge in [-0.2, -0.15) is 0 Å². The van der Waals surface area contributed by atoms with Crippen molar-refractivity contribution in [3.63, 3.8) is 0 Å². The second kappa shape index (κ2) is 8.78. The van der Waals surface area contributed by atoms with Crippen molar-refractivity contribution in [2.24, 2.45) is 11.7 Å². The number of hydrogen-bond donors (Lipinski definition) is 1. The molecular weight excluding hydrogens is 364 g/mol. The standard InChI is InChI=1S/C24H30N2O3/c1-17(2)13-22(27)26-11-12-29-24(16-26,23(25)28)15-19-7-9-20(10-8-19)21-6-4-5-18(3)14-21/h4-10,14,17H,11-13,15-16H2,1-3H3,(H2,25,28)/t24-/m1/s1. The van der Waals surface area contributed by atoms with Crippen molar-refractivity contribution >= 4 is 11.8 Å². The normalized spacial score (nSPS) is 19.4. The Kier molecular flexibility index (Phi) is 6.38. The number of nitrogens with zero attached hydrogens (tertiary/aromatic N) is 1. The molecule has 0 radical (unpaired) electrons. The van der Waals surface area contributed by atoms with E-state index in [4.69, 9.17) is 10.5 Å². The number of hydrogen-bond acceptors (Lipinski definition) is 3. The summed E-state index contributed by atoms with van der Waals surface area (Å²) >= 11 is 0. The molecule has 0 unspecified atom stereocenters. The Balaban J connectivity index is 1.78. The van der Waals surface area contributed by atoms with E-state index in [2.05, 4.69) is 25.1 Å². The highest BCUT2D eigenvalue weighted by Crippen LogP contribution is 2.26. The number of carbonyl (C=O) groups is 2. The monoisotopic (exact) mass is 394 g/mol. The lowest BCUT2D eigenvalue weighted by Gasteiger charge is -2.41. The fourth-order valence-electron chi connectivity index (χ4n) is 3.79. The molecule has 1 atom stereocenters. The van der Waals surface area contributed by atoms with Crippen LogP contribution in [0.5, 0.6) is 0 Å². The van der Waals surface area contributed by atoms with E-state index in [1.54, 1.807) is 4.90 Å². The number of carbonyl (C=O) groups excluding carboxylic acids is 2. The molecular formula is C24H30N2O3. The summed E-state index contributed by atoms with van der Waals surface area (Å²) in [6.07, 6.45) is 0.807. The van der Waals surface area contributed by atoms with E-state index in [0.717, 1.165) is 16.7 Å². The topological polar surface area (TPSA) is 72.6 Å². The molecule has 29 heavy (non-hydrogen) atoms. The van der Waals surface area contributed by atoms with Crippen molar-refractivity contribution < 1.29 is 14.3 Å². The Morgan fingerprint density at radius 1 is 1.14 bits per heavy atom. The van der Waals surface area contributed by atoms with Crippen LogP contribution in [0.4, 0.5) is 0 Å². The molecule has 0 aromatic heterocycles. The average Bonchev–Trinajstić information content (AvgIpc) is 2.68. The first-order chi connectivity index (χ1) is 13.8. The van der Waals surface area contributed by atoms with Gasteiger partial charge in [0.1, 0.15) is 0 Å². The number of nitrogens with two attached hydrogens (primary N) is 1. The van der Waals surface area contributed by atoms with E-state index < -0.39 is 11.5 Å². The number of amides is 2. The highest BCUT2D eigenvalue weighted by Gasteiger charge is 2.43. The summed E-state index contributed by atoms with van der Waals surface area (Å²) in [5.74, 6) is -0.214. The van der Waals surface area contributed by atoms with Crippen molar-refractivity contribution in [2.45, 2.75) is 39.2 Å². The Labute approximate surface area is 172 Å². The summed E-state index contributed by atoms with van der Waals surface area (Å²) in [7, 11) is 0. The van der Waals surface area contributed by atoms with Crippen LogP contribution >= 0.6 is 0 Å². The predicted octanol–water partition coefficient (Wildman–Crippen LogP) is 3.33.